The second kappa shape index (κ2) is 7.70. The molecule has 4 nitrogen and oxygen atoms in total. The SMILES string of the molecule is COCCCN=CC1(CN2CCCC2)CCOC(C)(C)C1. The maximum absolute atomic E-state index is 5.93. The molecule has 0 amide bonds. The van der Waals surface area contributed by atoms with Gasteiger partial charge in [0.2, 0.25) is 0 Å². The normalized spacial score (nSPS) is 30.2. The first-order valence-electron chi connectivity index (χ1n) is 8.42. The van der Waals surface area contributed by atoms with Gasteiger partial charge in [0.25, 0.3) is 0 Å². The van der Waals surface area contributed by atoms with Gasteiger partial charge in [-0.2, -0.15) is 0 Å². The van der Waals surface area contributed by atoms with Crippen LogP contribution < -0.4 is 0 Å². The zero-order valence-corrected chi connectivity index (χ0v) is 14.1. The molecule has 4 heteroatoms. The Bertz CT molecular complexity index is 338. The van der Waals surface area contributed by atoms with Gasteiger partial charge in [-0.15, -0.1) is 0 Å². The molecule has 1 unspecified atom stereocenters. The standard InChI is InChI=1S/C17H32N2O2/c1-16(2)13-17(7-12-21-16,14-18-8-6-11-20-3)15-19-9-4-5-10-19/h14H,4-13,15H2,1-3H3. The van der Waals surface area contributed by atoms with Crippen LogP contribution in [0, 0.1) is 5.41 Å². The summed E-state index contributed by atoms with van der Waals surface area (Å²) in [5.41, 5.74) is 0.162. The first-order valence-corrected chi connectivity index (χ1v) is 8.42. The van der Waals surface area contributed by atoms with Crippen LogP contribution in [0.5, 0.6) is 0 Å². The summed E-state index contributed by atoms with van der Waals surface area (Å²) in [7, 11) is 1.75. The van der Waals surface area contributed by atoms with Gasteiger partial charge in [-0.25, -0.2) is 0 Å². The van der Waals surface area contributed by atoms with E-state index in [1.165, 1.54) is 25.9 Å². The fourth-order valence-corrected chi connectivity index (χ4v) is 3.75. The van der Waals surface area contributed by atoms with E-state index in [0.717, 1.165) is 45.6 Å². The van der Waals surface area contributed by atoms with Gasteiger partial charge in [0.1, 0.15) is 0 Å². The minimum Gasteiger partial charge on any atom is -0.385 e. The molecule has 2 aliphatic rings. The topological polar surface area (TPSA) is 34.1 Å². The molecule has 2 saturated heterocycles. The molecule has 0 radical (unpaired) electrons. The summed E-state index contributed by atoms with van der Waals surface area (Å²) in [6, 6.07) is 0. The van der Waals surface area contributed by atoms with Crippen molar-refractivity contribution >= 4 is 6.21 Å². The number of methoxy groups -OCH3 is 1. The Balaban J connectivity index is 1.98. The Kier molecular flexibility index (Phi) is 6.20. The Morgan fingerprint density at radius 1 is 1.29 bits per heavy atom. The third kappa shape index (κ3) is 5.35. The average Bonchev–Trinajstić information content (AvgIpc) is 2.90. The summed E-state index contributed by atoms with van der Waals surface area (Å²) in [6.07, 6.45) is 8.13. The van der Waals surface area contributed by atoms with Gasteiger partial charge in [0, 0.05) is 45.0 Å². The number of nitrogens with zero attached hydrogens (tertiary/aromatic N) is 2. The molecule has 2 fully saturated rings. The first-order chi connectivity index (χ1) is 10.1. The van der Waals surface area contributed by atoms with E-state index < -0.39 is 0 Å². The summed E-state index contributed by atoms with van der Waals surface area (Å²) in [6.45, 7) is 10.6. The van der Waals surface area contributed by atoms with Gasteiger partial charge < -0.3 is 14.4 Å². The molecule has 21 heavy (non-hydrogen) atoms. The van der Waals surface area contributed by atoms with Crippen LogP contribution in [0.15, 0.2) is 4.99 Å². The third-order valence-corrected chi connectivity index (χ3v) is 4.61. The highest BCUT2D eigenvalue weighted by atomic mass is 16.5. The van der Waals surface area contributed by atoms with Crippen LogP contribution in [-0.2, 0) is 9.47 Å². The zero-order valence-electron chi connectivity index (χ0n) is 14.1. The van der Waals surface area contributed by atoms with Crippen molar-refractivity contribution in [2.45, 2.75) is 51.6 Å². The maximum atomic E-state index is 5.93. The average molecular weight is 296 g/mol. The molecular weight excluding hydrogens is 264 g/mol. The number of hydrogen-bond donors (Lipinski definition) is 0. The molecule has 122 valence electrons. The highest BCUT2D eigenvalue weighted by Crippen LogP contribution is 2.38. The van der Waals surface area contributed by atoms with Gasteiger partial charge in [-0.1, -0.05) is 0 Å². The fourth-order valence-electron chi connectivity index (χ4n) is 3.75. The van der Waals surface area contributed by atoms with Crippen molar-refractivity contribution in [2.75, 3.05) is 46.5 Å². The Morgan fingerprint density at radius 3 is 2.71 bits per heavy atom. The van der Waals surface area contributed by atoms with Gasteiger partial charge in [-0.3, -0.25) is 4.99 Å². The van der Waals surface area contributed by atoms with Crippen molar-refractivity contribution in [2.24, 2.45) is 10.4 Å². The Labute approximate surface area is 129 Å². The highest BCUT2D eigenvalue weighted by Gasteiger charge is 2.41. The molecule has 0 N–H and O–H groups in total. The van der Waals surface area contributed by atoms with E-state index in [4.69, 9.17) is 14.5 Å². The number of ether oxygens (including phenoxy) is 2. The number of hydrogen-bond acceptors (Lipinski definition) is 4. The van der Waals surface area contributed by atoms with E-state index in [1.807, 2.05) is 0 Å². The minimum absolute atomic E-state index is 0.0312. The summed E-state index contributed by atoms with van der Waals surface area (Å²) in [4.78, 5) is 7.34. The highest BCUT2D eigenvalue weighted by molar-refractivity contribution is 5.66. The van der Waals surface area contributed by atoms with Crippen LogP contribution in [0.25, 0.3) is 0 Å². The van der Waals surface area contributed by atoms with Crippen molar-refractivity contribution in [3.63, 3.8) is 0 Å². The van der Waals surface area contributed by atoms with Crippen LogP contribution in [0.1, 0.15) is 46.0 Å². The molecule has 0 saturated carbocycles. The smallest absolute Gasteiger partial charge is 0.0635 e. The lowest BCUT2D eigenvalue weighted by atomic mass is 9.74. The molecule has 0 aromatic rings. The third-order valence-electron chi connectivity index (χ3n) is 4.61. The summed E-state index contributed by atoms with van der Waals surface area (Å²) >= 11 is 0. The molecule has 0 aromatic heterocycles. The van der Waals surface area contributed by atoms with Crippen molar-refractivity contribution < 1.29 is 9.47 Å². The lowest BCUT2D eigenvalue weighted by Gasteiger charge is -2.44. The van der Waals surface area contributed by atoms with E-state index >= 15 is 0 Å². The van der Waals surface area contributed by atoms with Crippen LogP contribution in [0.4, 0.5) is 0 Å². The molecule has 2 rings (SSSR count). The van der Waals surface area contributed by atoms with E-state index in [1.54, 1.807) is 7.11 Å². The molecular formula is C17H32N2O2. The maximum Gasteiger partial charge on any atom is 0.0635 e. The monoisotopic (exact) mass is 296 g/mol. The second-order valence-corrected chi connectivity index (χ2v) is 7.26. The largest absolute Gasteiger partial charge is 0.385 e. The lowest BCUT2D eigenvalue weighted by Crippen LogP contribution is -2.48. The molecule has 0 bridgehead atoms. The number of aliphatic imine (C=N–C) groups is 1. The molecule has 1 atom stereocenters. The molecule has 0 spiro atoms. The van der Waals surface area contributed by atoms with Crippen molar-refractivity contribution in [3.8, 4) is 0 Å². The summed E-state index contributed by atoms with van der Waals surface area (Å²) < 4.78 is 11.0. The first kappa shape index (κ1) is 16.9. The fraction of sp³-hybridized carbons (Fsp3) is 0.941. The predicted octanol–water partition coefficient (Wildman–Crippen LogP) is 2.76. The van der Waals surface area contributed by atoms with Crippen LogP contribution >= 0.6 is 0 Å². The summed E-state index contributed by atoms with van der Waals surface area (Å²) in [5, 5.41) is 0. The quantitative estimate of drug-likeness (QED) is 0.535. The zero-order chi connectivity index (χ0) is 15.2. The molecule has 2 heterocycles. The Morgan fingerprint density at radius 2 is 2.05 bits per heavy atom. The van der Waals surface area contributed by atoms with E-state index in [2.05, 4.69) is 25.0 Å². The van der Waals surface area contributed by atoms with E-state index in [-0.39, 0.29) is 11.0 Å². The van der Waals surface area contributed by atoms with Crippen LogP contribution in [-0.4, -0.2) is 63.2 Å². The Hall–Kier alpha value is -0.450. The number of rotatable bonds is 7. The van der Waals surface area contributed by atoms with Gasteiger partial charge in [0.15, 0.2) is 0 Å². The second-order valence-electron chi connectivity index (χ2n) is 7.26. The van der Waals surface area contributed by atoms with Gasteiger partial charge in [0.05, 0.1) is 5.60 Å². The molecule has 2 aliphatic heterocycles. The van der Waals surface area contributed by atoms with Crippen LogP contribution in [0.2, 0.25) is 0 Å². The summed E-state index contributed by atoms with van der Waals surface area (Å²) in [5.74, 6) is 0. The van der Waals surface area contributed by atoms with Crippen molar-refractivity contribution in [3.05, 3.63) is 0 Å². The lowest BCUT2D eigenvalue weighted by molar-refractivity contribution is -0.0897. The molecule has 0 aliphatic carbocycles. The predicted molar refractivity (Wildman–Crippen MR) is 87.2 cm³/mol. The van der Waals surface area contributed by atoms with E-state index in [9.17, 15) is 0 Å². The molecule has 0 aromatic carbocycles. The van der Waals surface area contributed by atoms with Crippen molar-refractivity contribution in [1.29, 1.82) is 0 Å². The van der Waals surface area contributed by atoms with Gasteiger partial charge >= 0.3 is 0 Å². The van der Waals surface area contributed by atoms with Crippen molar-refractivity contribution in [1.82, 2.24) is 4.90 Å². The van der Waals surface area contributed by atoms with Gasteiger partial charge in [-0.05, 0) is 59.0 Å². The number of likely N-dealkylation sites (tertiary alicyclic amines) is 1. The minimum atomic E-state index is -0.0312. The van der Waals surface area contributed by atoms with E-state index in [0.29, 0.717) is 0 Å². The van der Waals surface area contributed by atoms with Crippen LogP contribution in [0.3, 0.4) is 0 Å².